The lowest BCUT2D eigenvalue weighted by Gasteiger charge is -2.24. The molecule has 0 unspecified atom stereocenters. The molecule has 1 amide bonds. The average molecular weight is 503 g/mol. The van der Waals surface area contributed by atoms with Crippen LogP contribution in [0, 0.1) is 11.8 Å². The fourth-order valence-corrected chi connectivity index (χ4v) is 5.29. The van der Waals surface area contributed by atoms with Crippen LogP contribution in [0.1, 0.15) is 94.8 Å². The van der Waals surface area contributed by atoms with Crippen molar-refractivity contribution in [1.29, 1.82) is 0 Å². The summed E-state index contributed by atoms with van der Waals surface area (Å²) in [5.74, 6) is 2.33. The molecule has 37 heavy (non-hydrogen) atoms. The van der Waals surface area contributed by atoms with Gasteiger partial charge in [-0.05, 0) is 80.2 Å². The summed E-state index contributed by atoms with van der Waals surface area (Å²) in [6.45, 7) is 13.7. The molecule has 0 bridgehead atoms. The molecule has 5 nitrogen and oxygen atoms in total. The number of rotatable bonds is 11. The van der Waals surface area contributed by atoms with E-state index < -0.39 is 0 Å². The average Bonchev–Trinajstić information content (AvgIpc) is 3.25. The smallest absolute Gasteiger partial charge is 0.253 e. The van der Waals surface area contributed by atoms with Gasteiger partial charge in [0.2, 0.25) is 0 Å². The molecule has 3 aromatic rings. The van der Waals surface area contributed by atoms with E-state index >= 15 is 0 Å². The van der Waals surface area contributed by atoms with Crippen molar-refractivity contribution in [3.8, 4) is 11.4 Å². The normalized spacial score (nSPS) is 13.5. The highest BCUT2D eigenvalue weighted by molar-refractivity contribution is 5.98. The van der Waals surface area contributed by atoms with Crippen LogP contribution in [0.15, 0.2) is 30.5 Å². The largest absolute Gasteiger partial charge is 0.350 e. The van der Waals surface area contributed by atoms with Crippen LogP contribution < -0.4 is 0 Å². The number of hydrogen-bond donors (Lipinski definition) is 0. The predicted molar refractivity (Wildman–Crippen MR) is 156 cm³/mol. The molecule has 5 heteroatoms. The monoisotopic (exact) mass is 502 g/mol. The van der Waals surface area contributed by atoms with Crippen molar-refractivity contribution in [3.63, 3.8) is 0 Å². The number of imidazole rings is 1. The number of benzene rings is 1. The molecule has 0 N–H and O–H groups in total. The Bertz CT molecular complexity index is 1230. The third kappa shape index (κ3) is 6.19. The number of nitrogens with zero attached hydrogens (tertiary/aromatic N) is 4. The van der Waals surface area contributed by atoms with Crippen molar-refractivity contribution in [2.24, 2.45) is 18.9 Å². The van der Waals surface area contributed by atoms with Crippen LogP contribution in [-0.2, 0) is 20.0 Å². The third-order valence-corrected chi connectivity index (χ3v) is 7.62. The standard InChI is InChI=1S/C32H46N4O/c1-7-8-18-36-30-21-25(32(37)35(19-16-23(2)3)20-17-24(4)5)14-15-28(30)33-31(36)27-22-34(6)29-13-11-9-10-12-26(27)29/h11,13-15,21-24H,7-10,12,16-20H2,1-6H3. The van der Waals surface area contributed by atoms with E-state index in [1.54, 1.807) is 0 Å². The van der Waals surface area contributed by atoms with Crippen molar-refractivity contribution in [2.75, 3.05) is 13.1 Å². The van der Waals surface area contributed by atoms with Gasteiger partial charge in [-0.25, -0.2) is 4.98 Å². The van der Waals surface area contributed by atoms with Crippen molar-refractivity contribution in [2.45, 2.75) is 86.1 Å². The van der Waals surface area contributed by atoms with Crippen LogP contribution in [0.3, 0.4) is 0 Å². The second-order valence-corrected chi connectivity index (χ2v) is 11.6. The zero-order valence-electron chi connectivity index (χ0n) is 23.9. The minimum absolute atomic E-state index is 0.145. The molecule has 0 radical (unpaired) electrons. The number of aryl methyl sites for hydroxylation is 2. The highest BCUT2D eigenvalue weighted by Gasteiger charge is 2.23. The highest BCUT2D eigenvalue weighted by Crippen LogP contribution is 2.34. The molecule has 0 fully saturated rings. The molecule has 1 aromatic carbocycles. The lowest BCUT2D eigenvalue weighted by molar-refractivity contribution is 0.0741. The van der Waals surface area contributed by atoms with Gasteiger partial charge >= 0.3 is 0 Å². The number of unbranched alkanes of at least 4 members (excludes halogenated alkanes) is 1. The zero-order valence-corrected chi connectivity index (χ0v) is 23.9. The van der Waals surface area contributed by atoms with Gasteiger partial charge in [0.25, 0.3) is 5.91 Å². The maximum absolute atomic E-state index is 13.7. The van der Waals surface area contributed by atoms with Crippen LogP contribution in [0.4, 0.5) is 0 Å². The topological polar surface area (TPSA) is 43.1 Å². The third-order valence-electron chi connectivity index (χ3n) is 7.62. The van der Waals surface area contributed by atoms with Crippen LogP contribution >= 0.6 is 0 Å². The van der Waals surface area contributed by atoms with Gasteiger partial charge in [0.1, 0.15) is 5.82 Å². The van der Waals surface area contributed by atoms with E-state index in [1.807, 2.05) is 6.07 Å². The molecule has 0 saturated heterocycles. The van der Waals surface area contributed by atoms with E-state index in [2.05, 4.69) is 86.2 Å². The van der Waals surface area contributed by atoms with E-state index in [0.29, 0.717) is 11.8 Å². The van der Waals surface area contributed by atoms with E-state index in [9.17, 15) is 4.79 Å². The Hall–Kier alpha value is -2.82. The molecule has 4 rings (SSSR count). The van der Waals surface area contributed by atoms with Gasteiger partial charge in [0, 0.05) is 49.7 Å². The van der Waals surface area contributed by atoms with Gasteiger partial charge in [0.05, 0.1) is 11.0 Å². The fraction of sp³-hybridized carbons (Fsp3) is 0.562. The number of hydrogen-bond acceptors (Lipinski definition) is 2. The summed E-state index contributed by atoms with van der Waals surface area (Å²) in [7, 11) is 2.14. The fourth-order valence-electron chi connectivity index (χ4n) is 5.29. The van der Waals surface area contributed by atoms with Crippen molar-refractivity contribution < 1.29 is 4.79 Å². The molecule has 2 aromatic heterocycles. The van der Waals surface area contributed by atoms with Crippen LogP contribution in [0.5, 0.6) is 0 Å². The Kier molecular flexibility index (Phi) is 8.94. The minimum Gasteiger partial charge on any atom is -0.350 e. The van der Waals surface area contributed by atoms with Gasteiger partial charge in [-0.3, -0.25) is 4.79 Å². The number of fused-ring (bicyclic) bond motifs is 2. The molecular formula is C32H46N4O. The van der Waals surface area contributed by atoms with E-state index in [4.69, 9.17) is 4.98 Å². The molecule has 1 aliphatic carbocycles. The van der Waals surface area contributed by atoms with Crippen molar-refractivity contribution in [1.82, 2.24) is 19.0 Å². The maximum Gasteiger partial charge on any atom is 0.253 e. The Labute approximate surface area is 223 Å². The second kappa shape index (κ2) is 12.1. The summed E-state index contributed by atoms with van der Waals surface area (Å²) in [6, 6.07) is 6.14. The Balaban J connectivity index is 1.75. The Morgan fingerprint density at radius 3 is 2.51 bits per heavy atom. The molecule has 0 atom stereocenters. The number of carbonyl (C=O) groups is 1. The van der Waals surface area contributed by atoms with Crippen LogP contribution in [-0.4, -0.2) is 38.0 Å². The quantitative estimate of drug-likeness (QED) is 0.269. The molecule has 0 spiro atoms. The van der Waals surface area contributed by atoms with Gasteiger partial charge in [-0.2, -0.15) is 0 Å². The van der Waals surface area contributed by atoms with E-state index in [1.165, 1.54) is 16.8 Å². The summed E-state index contributed by atoms with van der Waals surface area (Å²) < 4.78 is 4.61. The molecule has 200 valence electrons. The zero-order chi connectivity index (χ0) is 26.5. The summed E-state index contributed by atoms with van der Waals surface area (Å²) in [6.07, 6.45) is 14.4. The predicted octanol–water partition coefficient (Wildman–Crippen LogP) is 7.73. The Morgan fingerprint density at radius 1 is 1.11 bits per heavy atom. The first-order chi connectivity index (χ1) is 17.8. The maximum atomic E-state index is 13.7. The van der Waals surface area contributed by atoms with E-state index in [0.717, 1.165) is 87.0 Å². The summed E-state index contributed by atoms with van der Waals surface area (Å²) in [5.41, 5.74) is 6.75. The first-order valence-electron chi connectivity index (χ1n) is 14.4. The second-order valence-electron chi connectivity index (χ2n) is 11.6. The highest BCUT2D eigenvalue weighted by atomic mass is 16.2. The Morgan fingerprint density at radius 2 is 1.84 bits per heavy atom. The van der Waals surface area contributed by atoms with Crippen molar-refractivity contribution >= 4 is 23.0 Å². The molecular weight excluding hydrogens is 456 g/mol. The minimum atomic E-state index is 0.145. The van der Waals surface area contributed by atoms with Gasteiger partial charge in [-0.1, -0.05) is 47.1 Å². The number of allylic oxidation sites excluding steroid dienone is 1. The molecule has 0 saturated carbocycles. The summed E-state index contributed by atoms with van der Waals surface area (Å²) in [4.78, 5) is 21.0. The molecule has 1 aliphatic rings. The lowest BCUT2D eigenvalue weighted by Crippen LogP contribution is -2.34. The van der Waals surface area contributed by atoms with Crippen LogP contribution in [0.2, 0.25) is 0 Å². The summed E-state index contributed by atoms with van der Waals surface area (Å²) in [5, 5.41) is 0. The first-order valence-corrected chi connectivity index (χ1v) is 14.4. The molecule has 2 heterocycles. The molecule has 0 aliphatic heterocycles. The SMILES string of the molecule is CCCCn1c(-c2cn(C)c3c2CCCC=C3)nc2ccc(C(=O)N(CCC(C)C)CCC(C)C)cc21. The first kappa shape index (κ1) is 27.2. The number of carbonyl (C=O) groups excluding carboxylic acids is 1. The van der Waals surface area contributed by atoms with Crippen LogP contribution in [0.25, 0.3) is 28.5 Å². The number of amides is 1. The van der Waals surface area contributed by atoms with Gasteiger partial charge < -0.3 is 14.0 Å². The van der Waals surface area contributed by atoms with Crippen molar-refractivity contribution in [3.05, 3.63) is 47.3 Å². The number of aromatic nitrogens is 3. The van der Waals surface area contributed by atoms with E-state index in [-0.39, 0.29) is 5.91 Å². The summed E-state index contributed by atoms with van der Waals surface area (Å²) >= 11 is 0. The van der Waals surface area contributed by atoms with Gasteiger partial charge in [-0.15, -0.1) is 0 Å². The van der Waals surface area contributed by atoms with Gasteiger partial charge in [0.15, 0.2) is 0 Å². The lowest BCUT2D eigenvalue weighted by atomic mass is 10.1.